The van der Waals surface area contributed by atoms with Gasteiger partial charge >= 0.3 is 5.97 Å². The molecule has 7 heteroatoms. The van der Waals surface area contributed by atoms with Crippen molar-refractivity contribution in [2.45, 2.75) is 31.3 Å². The van der Waals surface area contributed by atoms with Crippen molar-refractivity contribution in [1.82, 2.24) is 4.90 Å². The lowest BCUT2D eigenvalue weighted by molar-refractivity contribution is -0.00455. The standard InChI is InChI=1S/C19H25NO6/c1-25-18(23)15-7-14(8-16(9-15)26-10-13-3-2-4-13)17(22)20-6-5-19(24,11-20)12-21/h7-9,13,21,24H,2-6,10-12H2,1H3/t19-/m0/s1. The molecule has 2 N–H and O–H groups in total. The number of likely N-dealkylation sites (tertiary alicyclic amines) is 1. The van der Waals surface area contributed by atoms with Gasteiger partial charge in [0.2, 0.25) is 0 Å². The van der Waals surface area contributed by atoms with Crippen LogP contribution in [0.1, 0.15) is 46.4 Å². The van der Waals surface area contributed by atoms with Crippen LogP contribution in [0.15, 0.2) is 18.2 Å². The van der Waals surface area contributed by atoms with Crippen molar-refractivity contribution < 1.29 is 29.3 Å². The van der Waals surface area contributed by atoms with Crippen LogP contribution in [0.4, 0.5) is 0 Å². The van der Waals surface area contributed by atoms with Crippen molar-refractivity contribution in [3.63, 3.8) is 0 Å². The molecule has 1 saturated carbocycles. The summed E-state index contributed by atoms with van der Waals surface area (Å²) in [5, 5.41) is 19.4. The molecule has 1 saturated heterocycles. The maximum atomic E-state index is 12.8. The Hall–Kier alpha value is -2.12. The second-order valence-corrected chi connectivity index (χ2v) is 7.20. The molecule has 1 aliphatic heterocycles. The van der Waals surface area contributed by atoms with Gasteiger partial charge in [0, 0.05) is 12.1 Å². The number of β-amino-alcohol motifs (C(OH)–C–C–N with tert-alkyl or cyclic N) is 1. The number of carbonyl (C=O) groups is 2. The summed E-state index contributed by atoms with van der Waals surface area (Å²) >= 11 is 0. The third kappa shape index (κ3) is 3.99. The van der Waals surface area contributed by atoms with Gasteiger partial charge in [0.05, 0.1) is 32.4 Å². The van der Waals surface area contributed by atoms with Gasteiger partial charge in [0.15, 0.2) is 0 Å². The minimum absolute atomic E-state index is 0.0586. The molecule has 1 aliphatic carbocycles. The molecule has 0 spiro atoms. The molecule has 0 bridgehead atoms. The van der Waals surface area contributed by atoms with Gasteiger partial charge in [0.25, 0.3) is 5.91 Å². The van der Waals surface area contributed by atoms with Crippen molar-refractivity contribution in [2.75, 3.05) is 33.4 Å². The minimum Gasteiger partial charge on any atom is -0.493 e. The Kier molecular flexibility index (Phi) is 5.48. The van der Waals surface area contributed by atoms with Gasteiger partial charge in [-0.15, -0.1) is 0 Å². The van der Waals surface area contributed by atoms with Crippen molar-refractivity contribution in [3.8, 4) is 5.75 Å². The average Bonchev–Trinajstić information content (AvgIpc) is 3.01. The quantitative estimate of drug-likeness (QED) is 0.738. The highest BCUT2D eigenvalue weighted by atomic mass is 16.5. The van der Waals surface area contributed by atoms with Crippen molar-refractivity contribution in [1.29, 1.82) is 0 Å². The lowest BCUT2D eigenvalue weighted by atomic mass is 9.86. The fourth-order valence-corrected chi connectivity index (χ4v) is 3.26. The van der Waals surface area contributed by atoms with Gasteiger partial charge in [-0.05, 0) is 43.4 Å². The number of rotatable bonds is 6. The number of esters is 1. The highest BCUT2D eigenvalue weighted by Gasteiger charge is 2.38. The number of hydrogen-bond acceptors (Lipinski definition) is 6. The van der Waals surface area contributed by atoms with Crippen molar-refractivity contribution in [3.05, 3.63) is 29.3 Å². The third-order valence-electron chi connectivity index (χ3n) is 5.20. The SMILES string of the molecule is COC(=O)c1cc(OCC2CCC2)cc(C(=O)N2CC[C@@](O)(CO)C2)c1. The third-order valence-corrected chi connectivity index (χ3v) is 5.20. The van der Waals surface area contributed by atoms with E-state index in [0.717, 1.165) is 12.8 Å². The first-order valence-corrected chi connectivity index (χ1v) is 8.93. The molecule has 7 nitrogen and oxygen atoms in total. The predicted molar refractivity (Wildman–Crippen MR) is 93.2 cm³/mol. The molecule has 0 aromatic heterocycles. The Bertz CT molecular complexity index is 687. The molecule has 1 aromatic carbocycles. The van der Waals surface area contributed by atoms with E-state index in [1.807, 2.05) is 0 Å². The molecular formula is C19H25NO6. The van der Waals surface area contributed by atoms with E-state index in [2.05, 4.69) is 0 Å². The number of carbonyl (C=O) groups excluding carboxylic acids is 2. The van der Waals surface area contributed by atoms with Gasteiger partial charge < -0.3 is 24.6 Å². The Balaban J connectivity index is 1.79. The Morgan fingerprint density at radius 3 is 2.58 bits per heavy atom. The van der Waals surface area contributed by atoms with Gasteiger partial charge in [-0.1, -0.05) is 6.42 Å². The molecule has 1 heterocycles. The lowest BCUT2D eigenvalue weighted by Gasteiger charge is -2.25. The van der Waals surface area contributed by atoms with Crippen molar-refractivity contribution in [2.24, 2.45) is 5.92 Å². The largest absolute Gasteiger partial charge is 0.493 e. The van der Waals surface area contributed by atoms with E-state index < -0.39 is 18.2 Å². The number of nitrogens with zero attached hydrogens (tertiary/aromatic N) is 1. The van der Waals surface area contributed by atoms with E-state index in [1.165, 1.54) is 24.5 Å². The van der Waals surface area contributed by atoms with E-state index in [4.69, 9.17) is 9.47 Å². The fourth-order valence-electron chi connectivity index (χ4n) is 3.26. The van der Waals surface area contributed by atoms with Crippen LogP contribution in [0.2, 0.25) is 0 Å². The number of hydrogen-bond donors (Lipinski definition) is 2. The first-order valence-electron chi connectivity index (χ1n) is 8.93. The topological polar surface area (TPSA) is 96.3 Å². The van der Waals surface area contributed by atoms with Crippen LogP contribution in [-0.2, 0) is 4.74 Å². The summed E-state index contributed by atoms with van der Waals surface area (Å²) in [7, 11) is 1.29. The zero-order chi connectivity index (χ0) is 18.7. The monoisotopic (exact) mass is 363 g/mol. The van der Waals surface area contributed by atoms with Crippen LogP contribution < -0.4 is 4.74 Å². The zero-order valence-corrected chi connectivity index (χ0v) is 14.9. The number of benzene rings is 1. The Morgan fingerprint density at radius 1 is 1.27 bits per heavy atom. The summed E-state index contributed by atoms with van der Waals surface area (Å²) in [5.41, 5.74) is -0.712. The van der Waals surface area contributed by atoms with E-state index in [9.17, 15) is 19.8 Å². The summed E-state index contributed by atoms with van der Waals surface area (Å²) in [6, 6.07) is 4.67. The van der Waals surface area contributed by atoms with E-state index in [1.54, 1.807) is 12.1 Å². The molecular weight excluding hydrogens is 338 g/mol. The maximum absolute atomic E-state index is 12.8. The molecule has 142 valence electrons. The molecule has 0 unspecified atom stereocenters. The number of aliphatic hydroxyl groups excluding tert-OH is 1. The smallest absolute Gasteiger partial charge is 0.338 e. The second kappa shape index (κ2) is 7.63. The highest BCUT2D eigenvalue weighted by Crippen LogP contribution is 2.29. The van der Waals surface area contributed by atoms with E-state index >= 15 is 0 Å². The molecule has 2 fully saturated rings. The minimum atomic E-state index is -1.26. The van der Waals surface area contributed by atoms with Gasteiger partial charge in [0.1, 0.15) is 11.4 Å². The molecule has 2 aliphatic rings. The summed E-state index contributed by atoms with van der Waals surface area (Å²) in [6.07, 6.45) is 3.80. The van der Waals surface area contributed by atoms with Crippen molar-refractivity contribution >= 4 is 11.9 Å². The summed E-state index contributed by atoms with van der Waals surface area (Å²) < 4.78 is 10.6. The second-order valence-electron chi connectivity index (χ2n) is 7.20. The number of ether oxygens (including phenoxy) is 2. The first kappa shape index (κ1) is 18.7. The van der Waals surface area contributed by atoms with Crippen LogP contribution in [0.5, 0.6) is 5.75 Å². The predicted octanol–water partition coefficient (Wildman–Crippen LogP) is 1.22. The molecule has 0 radical (unpaired) electrons. The fraction of sp³-hybridized carbons (Fsp3) is 0.579. The van der Waals surface area contributed by atoms with E-state index in [-0.39, 0.29) is 18.0 Å². The summed E-state index contributed by atoms with van der Waals surface area (Å²) in [4.78, 5) is 26.2. The normalized spacial score (nSPS) is 22.8. The zero-order valence-electron chi connectivity index (χ0n) is 14.9. The summed E-state index contributed by atoms with van der Waals surface area (Å²) in [5.74, 6) is 0.129. The van der Waals surface area contributed by atoms with E-state index in [0.29, 0.717) is 36.8 Å². The molecule has 26 heavy (non-hydrogen) atoms. The number of aliphatic hydroxyl groups is 2. The Morgan fingerprint density at radius 2 is 2.00 bits per heavy atom. The maximum Gasteiger partial charge on any atom is 0.338 e. The number of methoxy groups -OCH3 is 1. The van der Waals surface area contributed by atoms with Crippen LogP contribution in [0.3, 0.4) is 0 Å². The molecule has 1 aromatic rings. The van der Waals surface area contributed by atoms with Crippen LogP contribution >= 0.6 is 0 Å². The Labute approximate surface area is 152 Å². The van der Waals surface area contributed by atoms with Crippen LogP contribution in [0, 0.1) is 5.92 Å². The number of amides is 1. The molecule has 1 amide bonds. The first-order chi connectivity index (χ1) is 12.4. The van der Waals surface area contributed by atoms with Gasteiger partial charge in [-0.2, -0.15) is 0 Å². The summed E-state index contributed by atoms with van der Waals surface area (Å²) in [6.45, 7) is 0.570. The van der Waals surface area contributed by atoms with Crippen LogP contribution in [0.25, 0.3) is 0 Å². The average molecular weight is 363 g/mol. The molecule has 3 rings (SSSR count). The van der Waals surface area contributed by atoms with Gasteiger partial charge in [-0.3, -0.25) is 4.79 Å². The highest BCUT2D eigenvalue weighted by molar-refractivity contribution is 5.98. The van der Waals surface area contributed by atoms with Gasteiger partial charge in [-0.25, -0.2) is 4.79 Å². The molecule has 1 atom stereocenters. The van der Waals surface area contributed by atoms with Crippen LogP contribution in [-0.4, -0.2) is 66.0 Å². The lowest BCUT2D eigenvalue weighted by Crippen LogP contribution is -2.38.